The van der Waals surface area contributed by atoms with Gasteiger partial charge < -0.3 is 0 Å². The van der Waals surface area contributed by atoms with Crippen LogP contribution in [0, 0.1) is 18.3 Å². The lowest BCUT2D eigenvalue weighted by molar-refractivity contribution is 0.746. The highest BCUT2D eigenvalue weighted by Gasteiger charge is 2.10. The van der Waals surface area contributed by atoms with Crippen molar-refractivity contribution >= 4 is 0 Å². The van der Waals surface area contributed by atoms with Crippen LogP contribution in [-0.2, 0) is 6.42 Å². The highest BCUT2D eigenvalue weighted by molar-refractivity contribution is 5.28. The maximum atomic E-state index is 9.28. The average molecular weight is 235 g/mol. The zero-order valence-corrected chi connectivity index (χ0v) is 10.6. The molecule has 0 aliphatic heterocycles. The summed E-state index contributed by atoms with van der Waals surface area (Å²) in [6, 6.07) is 21.0. The first-order chi connectivity index (χ1) is 8.79. The minimum Gasteiger partial charge on any atom is -0.198 e. The number of aryl methyl sites for hydroxylation is 2. The smallest absolute Gasteiger partial charge is 0.0715 e. The first-order valence-corrected chi connectivity index (χ1v) is 6.29. The number of nitrogens with zero attached hydrogens (tertiary/aromatic N) is 1. The van der Waals surface area contributed by atoms with Crippen molar-refractivity contribution in [3.8, 4) is 6.07 Å². The van der Waals surface area contributed by atoms with Crippen LogP contribution in [0.2, 0.25) is 0 Å². The maximum Gasteiger partial charge on any atom is 0.0715 e. The number of nitriles is 1. The van der Waals surface area contributed by atoms with E-state index in [1.807, 2.05) is 18.2 Å². The van der Waals surface area contributed by atoms with Gasteiger partial charge in [-0.05, 0) is 30.9 Å². The van der Waals surface area contributed by atoms with Crippen molar-refractivity contribution in [3.05, 3.63) is 71.3 Å². The molecule has 90 valence electrons. The molecule has 0 saturated carbocycles. The summed E-state index contributed by atoms with van der Waals surface area (Å²) in [6.45, 7) is 2.06. The lowest BCUT2D eigenvalue weighted by Crippen LogP contribution is -1.98. The van der Waals surface area contributed by atoms with Gasteiger partial charge in [-0.1, -0.05) is 60.2 Å². The third-order valence-corrected chi connectivity index (χ3v) is 3.20. The topological polar surface area (TPSA) is 23.8 Å². The zero-order chi connectivity index (χ0) is 12.8. The lowest BCUT2D eigenvalue weighted by Gasteiger charge is -2.09. The van der Waals surface area contributed by atoms with E-state index in [2.05, 4.69) is 49.4 Å². The van der Waals surface area contributed by atoms with Gasteiger partial charge in [0.1, 0.15) is 0 Å². The summed E-state index contributed by atoms with van der Waals surface area (Å²) in [5, 5.41) is 9.28. The van der Waals surface area contributed by atoms with Crippen LogP contribution in [0.1, 0.15) is 29.0 Å². The van der Waals surface area contributed by atoms with Gasteiger partial charge in [-0.2, -0.15) is 5.26 Å². The van der Waals surface area contributed by atoms with Crippen molar-refractivity contribution in [2.75, 3.05) is 0 Å². The van der Waals surface area contributed by atoms with E-state index in [1.54, 1.807) is 0 Å². The Morgan fingerprint density at radius 1 is 1.00 bits per heavy atom. The quantitative estimate of drug-likeness (QED) is 0.777. The Morgan fingerprint density at radius 2 is 1.67 bits per heavy atom. The molecular weight excluding hydrogens is 218 g/mol. The second-order valence-electron chi connectivity index (χ2n) is 4.62. The number of rotatable bonds is 4. The molecule has 18 heavy (non-hydrogen) atoms. The summed E-state index contributed by atoms with van der Waals surface area (Å²) in [7, 11) is 0. The predicted molar refractivity (Wildman–Crippen MR) is 74.3 cm³/mol. The number of benzene rings is 2. The average Bonchev–Trinajstić information content (AvgIpc) is 2.42. The minimum absolute atomic E-state index is 0.00851. The third kappa shape index (κ3) is 3.21. The van der Waals surface area contributed by atoms with Gasteiger partial charge in [0.2, 0.25) is 0 Å². The van der Waals surface area contributed by atoms with Crippen LogP contribution in [0.25, 0.3) is 0 Å². The fourth-order valence-corrected chi connectivity index (χ4v) is 2.06. The van der Waals surface area contributed by atoms with Gasteiger partial charge in [-0.3, -0.25) is 0 Å². The molecule has 2 aromatic carbocycles. The van der Waals surface area contributed by atoms with Gasteiger partial charge in [-0.25, -0.2) is 0 Å². The molecule has 0 aliphatic carbocycles. The number of hydrogen-bond donors (Lipinski definition) is 0. The minimum atomic E-state index is -0.00851. The fourth-order valence-electron chi connectivity index (χ4n) is 2.06. The largest absolute Gasteiger partial charge is 0.198 e. The van der Waals surface area contributed by atoms with Crippen molar-refractivity contribution in [2.45, 2.75) is 25.7 Å². The lowest BCUT2D eigenvalue weighted by atomic mass is 9.93. The van der Waals surface area contributed by atoms with Gasteiger partial charge >= 0.3 is 0 Å². The monoisotopic (exact) mass is 235 g/mol. The van der Waals surface area contributed by atoms with Crippen molar-refractivity contribution < 1.29 is 0 Å². The Morgan fingerprint density at radius 3 is 2.28 bits per heavy atom. The van der Waals surface area contributed by atoms with E-state index in [-0.39, 0.29) is 5.92 Å². The molecule has 1 heteroatoms. The van der Waals surface area contributed by atoms with Crippen molar-refractivity contribution in [1.29, 1.82) is 5.26 Å². The van der Waals surface area contributed by atoms with E-state index in [0.29, 0.717) is 0 Å². The van der Waals surface area contributed by atoms with E-state index in [0.717, 1.165) is 18.4 Å². The highest BCUT2D eigenvalue weighted by Crippen LogP contribution is 2.21. The summed E-state index contributed by atoms with van der Waals surface area (Å²) in [5.74, 6) is -0.00851. The normalized spacial score (nSPS) is 11.8. The van der Waals surface area contributed by atoms with Crippen LogP contribution in [0.4, 0.5) is 0 Å². The number of hydrogen-bond acceptors (Lipinski definition) is 1. The Bertz CT molecular complexity index is 520. The summed E-state index contributed by atoms with van der Waals surface area (Å²) in [6.07, 6.45) is 1.83. The summed E-state index contributed by atoms with van der Waals surface area (Å²) < 4.78 is 0. The molecule has 0 radical (unpaired) electrons. The SMILES string of the molecule is Cc1ccc(C(C#N)CCc2ccccc2)cc1. The van der Waals surface area contributed by atoms with E-state index in [4.69, 9.17) is 0 Å². The highest BCUT2D eigenvalue weighted by atomic mass is 14.3. The van der Waals surface area contributed by atoms with Crippen LogP contribution < -0.4 is 0 Å². The summed E-state index contributed by atoms with van der Waals surface area (Å²) in [4.78, 5) is 0. The van der Waals surface area contributed by atoms with Crippen molar-refractivity contribution in [1.82, 2.24) is 0 Å². The van der Waals surface area contributed by atoms with Crippen LogP contribution in [0.5, 0.6) is 0 Å². The van der Waals surface area contributed by atoms with Gasteiger partial charge in [0.05, 0.1) is 12.0 Å². The molecule has 0 spiro atoms. The van der Waals surface area contributed by atoms with Crippen LogP contribution in [0.15, 0.2) is 54.6 Å². The van der Waals surface area contributed by atoms with Gasteiger partial charge in [0.25, 0.3) is 0 Å². The summed E-state index contributed by atoms with van der Waals surface area (Å²) in [5.41, 5.74) is 3.65. The molecule has 0 saturated heterocycles. The van der Waals surface area contributed by atoms with E-state index < -0.39 is 0 Å². The molecule has 0 heterocycles. The molecule has 2 aromatic rings. The Kier molecular flexibility index (Phi) is 4.15. The van der Waals surface area contributed by atoms with E-state index >= 15 is 0 Å². The van der Waals surface area contributed by atoms with E-state index in [1.165, 1.54) is 11.1 Å². The molecule has 0 fully saturated rings. The standard InChI is InChI=1S/C17H17N/c1-14-7-10-16(11-8-14)17(13-18)12-9-15-5-3-2-4-6-15/h2-8,10-11,17H,9,12H2,1H3. The van der Waals surface area contributed by atoms with Crippen molar-refractivity contribution in [2.24, 2.45) is 0 Å². The second kappa shape index (κ2) is 6.02. The third-order valence-electron chi connectivity index (χ3n) is 3.20. The molecule has 0 aliphatic rings. The van der Waals surface area contributed by atoms with Crippen molar-refractivity contribution in [3.63, 3.8) is 0 Å². The Hall–Kier alpha value is -2.07. The first-order valence-electron chi connectivity index (χ1n) is 6.29. The second-order valence-corrected chi connectivity index (χ2v) is 4.62. The molecule has 0 aromatic heterocycles. The van der Waals surface area contributed by atoms with Gasteiger partial charge in [0.15, 0.2) is 0 Å². The molecule has 0 amide bonds. The molecule has 1 nitrogen and oxygen atoms in total. The molecule has 0 N–H and O–H groups in total. The maximum absolute atomic E-state index is 9.28. The fraction of sp³-hybridized carbons (Fsp3) is 0.235. The molecular formula is C17H17N. The molecule has 0 bridgehead atoms. The van der Waals surface area contributed by atoms with Crippen LogP contribution >= 0.6 is 0 Å². The van der Waals surface area contributed by atoms with Gasteiger partial charge in [-0.15, -0.1) is 0 Å². The molecule has 1 atom stereocenters. The van der Waals surface area contributed by atoms with Crippen LogP contribution in [0.3, 0.4) is 0 Å². The predicted octanol–water partition coefficient (Wildman–Crippen LogP) is 4.24. The van der Waals surface area contributed by atoms with Crippen LogP contribution in [-0.4, -0.2) is 0 Å². The molecule has 1 unspecified atom stereocenters. The van der Waals surface area contributed by atoms with E-state index in [9.17, 15) is 5.26 Å². The summed E-state index contributed by atoms with van der Waals surface area (Å²) >= 11 is 0. The molecule has 2 rings (SSSR count). The Labute approximate surface area is 109 Å². The first kappa shape index (κ1) is 12.4. The van der Waals surface area contributed by atoms with Gasteiger partial charge in [0, 0.05) is 0 Å². The Balaban J connectivity index is 2.02. The zero-order valence-electron chi connectivity index (χ0n) is 10.6.